The molecule has 1 aromatic rings. The lowest BCUT2D eigenvalue weighted by Gasteiger charge is -2.43. The number of ether oxygens (including phenoxy) is 1. The van der Waals surface area contributed by atoms with E-state index in [2.05, 4.69) is 22.0 Å². The molecule has 1 aliphatic carbocycles. The van der Waals surface area contributed by atoms with Crippen molar-refractivity contribution in [3.05, 3.63) is 29.6 Å². The van der Waals surface area contributed by atoms with Gasteiger partial charge >= 0.3 is 0 Å². The van der Waals surface area contributed by atoms with Gasteiger partial charge in [0, 0.05) is 25.7 Å². The topological polar surface area (TPSA) is 51.4 Å². The third-order valence-electron chi connectivity index (χ3n) is 4.29. The zero-order valence-corrected chi connectivity index (χ0v) is 11.4. The molecular weight excluding hydrogens is 238 g/mol. The van der Waals surface area contributed by atoms with Gasteiger partial charge in [-0.05, 0) is 25.0 Å². The van der Waals surface area contributed by atoms with Crippen LogP contribution in [0.25, 0.3) is 0 Å². The molecule has 1 aromatic heterocycles. The van der Waals surface area contributed by atoms with Gasteiger partial charge in [0.05, 0.1) is 24.1 Å². The van der Waals surface area contributed by atoms with E-state index < -0.39 is 0 Å². The predicted molar refractivity (Wildman–Crippen MR) is 74.5 cm³/mol. The van der Waals surface area contributed by atoms with Crippen molar-refractivity contribution in [1.82, 2.24) is 9.88 Å². The monoisotopic (exact) mass is 261 g/mol. The van der Waals surface area contributed by atoms with Crippen LogP contribution in [-0.2, 0) is 17.8 Å². The maximum absolute atomic E-state index is 5.91. The van der Waals surface area contributed by atoms with Crippen LogP contribution in [-0.4, -0.2) is 35.2 Å². The zero-order chi connectivity index (χ0) is 13.1. The van der Waals surface area contributed by atoms with Gasteiger partial charge in [0.25, 0.3) is 0 Å². The van der Waals surface area contributed by atoms with Crippen LogP contribution in [0.3, 0.4) is 0 Å². The molecule has 3 rings (SSSR count). The van der Waals surface area contributed by atoms with Gasteiger partial charge in [0.2, 0.25) is 0 Å². The van der Waals surface area contributed by atoms with Crippen molar-refractivity contribution in [1.29, 1.82) is 0 Å². The average molecular weight is 261 g/mol. The van der Waals surface area contributed by atoms with Crippen molar-refractivity contribution in [2.24, 2.45) is 5.73 Å². The van der Waals surface area contributed by atoms with Gasteiger partial charge in [-0.3, -0.25) is 9.88 Å². The largest absolute Gasteiger partial charge is 0.375 e. The number of pyridine rings is 1. The molecule has 1 aliphatic heterocycles. The molecule has 1 saturated heterocycles. The van der Waals surface area contributed by atoms with E-state index >= 15 is 0 Å². The molecular formula is C15H23N3O. The highest BCUT2D eigenvalue weighted by atomic mass is 16.5. The third-order valence-corrected chi connectivity index (χ3v) is 4.29. The Hall–Kier alpha value is -0.970. The zero-order valence-electron chi connectivity index (χ0n) is 11.4. The lowest BCUT2D eigenvalue weighted by molar-refractivity contribution is -0.0914. The molecule has 0 amide bonds. The van der Waals surface area contributed by atoms with E-state index in [1.165, 1.54) is 25.7 Å². The Bertz CT molecular complexity index is 422. The fourth-order valence-corrected chi connectivity index (χ4v) is 3.31. The van der Waals surface area contributed by atoms with Gasteiger partial charge in [0.15, 0.2) is 0 Å². The van der Waals surface area contributed by atoms with Crippen LogP contribution in [0.2, 0.25) is 0 Å². The van der Waals surface area contributed by atoms with Gasteiger partial charge in [-0.15, -0.1) is 0 Å². The summed E-state index contributed by atoms with van der Waals surface area (Å²) in [7, 11) is 0. The van der Waals surface area contributed by atoms with E-state index in [1.54, 1.807) is 0 Å². The summed E-state index contributed by atoms with van der Waals surface area (Å²) in [6, 6.07) is 6.74. The second-order valence-corrected chi connectivity index (χ2v) is 5.56. The molecule has 104 valence electrons. The molecule has 2 aliphatic rings. The van der Waals surface area contributed by atoms with E-state index in [-0.39, 0.29) is 0 Å². The summed E-state index contributed by atoms with van der Waals surface area (Å²) in [5.41, 5.74) is 7.77. The highest BCUT2D eigenvalue weighted by molar-refractivity contribution is 5.11. The minimum absolute atomic E-state index is 0.445. The van der Waals surface area contributed by atoms with E-state index in [4.69, 9.17) is 10.5 Å². The molecule has 0 spiro atoms. The van der Waals surface area contributed by atoms with Crippen LogP contribution in [0.4, 0.5) is 0 Å². The van der Waals surface area contributed by atoms with E-state index in [9.17, 15) is 0 Å². The van der Waals surface area contributed by atoms with Crippen LogP contribution in [0, 0.1) is 0 Å². The fourth-order valence-electron chi connectivity index (χ4n) is 3.31. The standard InChI is InChI=1S/C15H23N3O/c16-10-12-4-3-5-13(17-12)11-18-8-9-19-15-7-2-1-6-14(15)18/h3-5,14-15H,1-2,6-11,16H2. The Kier molecular flexibility index (Phi) is 4.11. The molecule has 4 heteroatoms. The number of hydrogen-bond donors (Lipinski definition) is 1. The normalized spacial score (nSPS) is 28.1. The lowest BCUT2D eigenvalue weighted by Crippen LogP contribution is -2.52. The summed E-state index contributed by atoms with van der Waals surface area (Å²) in [5.74, 6) is 0. The molecule has 0 radical (unpaired) electrons. The minimum Gasteiger partial charge on any atom is -0.375 e. The quantitative estimate of drug-likeness (QED) is 0.899. The van der Waals surface area contributed by atoms with Crippen LogP contribution in [0.5, 0.6) is 0 Å². The first-order valence-electron chi connectivity index (χ1n) is 7.37. The summed E-state index contributed by atoms with van der Waals surface area (Å²) >= 11 is 0. The Labute approximate surface area is 115 Å². The number of morpholine rings is 1. The highest BCUT2D eigenvalue weighted by Crippen LogP contribution is 2.29. The average Bonchev–Trinajstić information content (AvgIpc) is 2.48. The molecule has 1 saturated carbocycles. The molecule has 2 fully saturated rings. The first-order valence-corrected chi connectivity index (χ1v) is 7.37. The Balaban J connectivity index is 1.70. The van der Waals surface area contributed by atoms with Crippen molar-refractivity contribution >= 4 is 0 Å². The number of aromatic nitrogens is 1. The first-order chi connectivity index (χ1) is 9.36. The summed E-state index contributed by atoms with van der Waals surface area (Å²) in [5, 5.41) is 0. The van der Waals surface area contributed by atoms with Crippen molar-refractivity contribution in [2.45, 2.75) is 50.9 Å². The Morgan fingerprint density at radius 2 is 2.11 bits per heavy atom. The summed E-state index contributed by atoms with van der Waals surface area (Å²) in [6.45, 7) is 3.33. The van der Waals surface area contributed by atoms with Crippen LogP contribution < -0.4 is 5.73 Å². The fraction of sp³-hybridized carbons (Fsp3) is 0.667. The van der Waals surface area contributed by atoms with Crippen molar-refractivity contribution < 1.29 is 4.74 Å². The van der Waals surface area contributed by atoms with Gasteiger partial charge in [-0.2, -0.15) is 0 Å². The molecule has 2 N–H and O–H groups in total. The number of fused-ring (bicyclic) bond motifs is 1. The molecule has 2 atom stereocenters. The summed E-state index contributed by atoms with van der Waals surface area (Å²) in [4.78, 5) is 7.17. The minimum atomic E-state index is 0.445. The van der Waals surface area contributed by atoms with Crippen LogP contribution in [0.1, 0.15) is 37.1 Å². The molecule has 4 nitrogen and oxygen atoms in total. The Morgan fingerprint density at radius 3 is 3.00 bits per heavy atom. The number of nitrogens with zero attached hydrogens (tertiary/aromatic N) is 2. The van der Waals surface area contributed by atoms with E-state index in [1.807, 2.05) is 6.07 Å². The SMILES string of the molecule is NCc1cccc(CN2CCOC3CCCCC32)n1. The predicted octanol–water partition coefficient (Wildman–Crippen LogP) is 1.68. The molecule has 19 heavy (non-hydrogen) atoms. The van der Waals surface area contributed by atoms with Crippen molar-refractivity contribution in [3.63, 3.8) is 0 Å². The number of rotatable bonds is 3. The third kappa shape index (κ3) is 2.96. The molecule has 0 bridgehead atoms. The molecule has 0 aromatic carbocycles. The van der Waals surface area contributed by atoms with E-state index in [0.717, 1.165) is 31.1 Å². The van der Waals surface area contributed by atoms with Gasteiger partial charge in [0.1, 0.15) is 0 Å². The molecule has 2 unspecified atom stereocenters. The Morgan fingerprint density at radius 1 is 1.26 bits per heavy atom. The summed E-state index contributed by atoms with van der Waals surface area (Å²) < 4.78 is 5.91. The number of nitrogens with two attached hydrogens (primary N) is 1. The van der Waals surface area contributed by atoms with Gasteiger partial charge < -0.3 is 10.5 Å². The molecule has 2 heterocycles. The lowest BCUT2D eigenvalue weighted by atomic mass is 9.90. The smallest absolute Gasteiger partial charge is 0.0731 e. The van der Waals surface area contributed by atoms with Gasteiger partial charge in [-0.1, -0.05) is 18.9 Å². The second kappa shape index (κ2) is 5.99. The van der Waals surface area contributed by atoms with E-state index in [0.29, 0.717) is 18.7 Å². The van der Waals surface area contributed by atoms with Crippen LogP contribution >= 0.6 is 0 Å². The number of hydrogen-bond acceptors (Lipinski definition) is 4. The van der Waals surface area contributed by atoms with Crippen LogP contribution in [0.15, 0.2) is 18.2 Å². The maximum Gasteiger partial charge on any atom is 0.0731 e. The maximum atomic E-state index is 5.91. The summed E-state index contributed by atoms with van der Waals surface area (Å²) in [6.07, 6.45) is 5.58. The first kappa shape index (κ1) is 13.0. The van der Waals surface area contributed by atoms with Crippen molar-refractivity contribution in [3.8, 4) is 0 Å². The highest BCUT2D eigenvalue weighted by Gasteiger charge is 2.34. The van der Waals surface area contributed by atoms with Gasteiger partial charge in [-0.25, -0.2) is 0 Å². The van der Waals surface area contributed by atoms with Crippen molar-refractivity contribution in [2.75, 3.05) is 13.2 Å². The second-order valence-electron chi connectivity index (χ2n) is 5.56.